The summed E-state index contributed by atoms with van der Waals surface area (Å²) < 4.78 is 4.21. The Labute approximate surface area is 228 Å². The number of anilines is 2. The summed E-state index contributed by atoms with van der Waals surface area (Å²) >= 11 is 12.4. The quantitative estimate of drug-likeness (QED) is 0.271. The maximum Gasteiger partial charge on any atom is 0.139 e. The van der Waals surface area contributed by atoms with Crippen LogP contribution in [0.15, 0.2) is 48.5 Å². The van der Waals surface area contributed by atoms with Crippen LogP contribution in [-0.2, 0) is 23.9 Å². The van der Waals surface area contributed by atoms with Crippen molar-refractivity contribution < 1.29 is 0 Å². The smallest absolute Gasteiger partial charge is 0.139 e. The lowest BCUT2D eigenvalue weighted by atomic mass is 9.87. The summed E-state index contributed by atoms with van der Waals surface area (Å²) in [5.41, 5.74) is 6.58. The molecule has 2 aliphatic rings. The maximum atomic E-state index is 6.22. The Balaban J connectivity index is 1.55. The van der Waals surface area contributed by atoms with E-state index in [2.05, 4.69) is 60.7 Å². The third-order valence-corrected chi connectivity index (χ3v) is 7.62. The Hall–Kier alpha value is -2.96. The minimum Gasteiger partial charge on any atom is -0.334 e. The lowest BCUT2D eigenvalue weighted by molar-refractivity contribution is 0.549. The summed E-state index contributed by atoms with van der Waals surface area (Å²) in [5.74, 6) is 2.32. The summed E-state index contributed by atoms with van der Waals surface area (Å²) in [6.45, 7) is 15.7. The van der Waals surface area contributed by atoms with Crippen molar-refractivity contribution >= 4 is 34.8 Å². The minimum atomic E-state index is -0.106. The van der Waals surface area contributed by atoms with Crippen LogP contribution >= 0.6 is 23.2 Å². The molecule has 0 radical (unpaired) electrons. The fourth-order valence-corrected chi connectivity index (χ4v) is 5.78. The second kappa shape index (κ2) is 8.27. The van der Waals surface area contributed by atoms with Gasteiger partial charge in [-0.15, -0.1) is 0 Å². The van der Waals surface area contributed by atoms with Gasteiger partial charge in [0.05, 0.1) is 42.5 Å². The number of rotatable bonds is 2. The zero-order chi connectivity index (χ0) is 26.3. The Morgan fingerprint density at radius 3 is 1.27 bits per heavy atom. The number of hydrogen-bond donors (Lipinski definition) is 0. The van der Waals surface area contributed by atoms with Crippen molar-refractivity contribution in [3.05, 3.63) is 81.1 Å². The van der Waals surface area contributed by atoms with E-state index in [0.717, 1.165) is 64.2 Å². The van der Waals surface area contributed by atoms with Gasteiger partial charge in [0.15, 0.2) is 0 Å². The first kappa shape index (κ1) is 24.4. The molecule has 0 saturated heterocycles. The van der Waals surface area contributed by atoms with Crippen molar-refractivity contribution in [2.24, 2.45) is 0 Å². The van der Waals surface area contributed by atoms with E-state index in [-0.39, 0.29) is 10.8 Å². The Kier molecular flexibility index (Phi) is 5.45. The molecule has 0 saturated carbocycles. The lowest BCUT2D eigenvalue weighted by Crippen LogP contribution is -2.47. The summed E-state index contributed by atoms with van der Waals surface area (Å²) in [6.07, 6.45) is 0. The van der Waals surface area contributed by atoms with E-state index in [1.54, 1.807) is 0 Å². The van der Waals surface area contributed by atoms with Crippen molar-refractivity contribution in [1.82, 2.24) is 19.6 Å². The van der Waals surface area contributed by atoms with Gasteiger partial charge in [0, 0.05) is 32.0 Å². The van der Waals surface area contributed by atoms with E-state index in [9.17, 15) is 0 Å². The molecule has 2 aromatic heterocycles. The molecule has 0 fully saturated rings. The van der Waals surface area contributed by atoms with Crippen molar-refractivity contribution in [1.29, 1.82) is 0 Å². The predicted molar refractivity (Wildman–Crippen MR) is 152 cm³/mol. The third-order valence-electron chi connectivity index (χ3n) is 7.11. The molecular formula is C29H32Cl2N6. The van der Waals surface area contributed by atoms with Crippen molar-refractivity contribution in [3.63, 3.8) is 0 Å². The second-order valence-electron chi connectivity index (χ2n) is 12.1. The van der Waals surface area contributed by atoms with Gasteiger partial charge < -0.3 is 9.80 Å². The Morgan fingerprint density at radius 2 is 0.946 bits per heavy atom. The zero-order valence-electron chi connectivity index (χ0n) is 22.2. The van der Waals surface area contributed by atoms with Gasteiger partial charge in [-0.2, -0.15) is 10.2 Å². The van der Waals surface area contributed by atoms with Gasteiger partial charge in [-0.05, 0) is 48.5 Å². The van der Waals surface area contributed by atoms with Gasteiger partial charge in [0.1, 0.15) is 11.6 Å². The number of aromatic nitrogens is 4. The molecule has 0 spiro atoms. The number of nitrogens with zero attached hydrogens (tertiary/aromatic N) is 6. The van der Waals surface area contributed by atoms with Gasteiger partial charge in [-0.3, -0.25) is 0 Å². The molecule has 4 aromatic rings. The number of hydrogen-bond acceptors (Lipinski definition) is 4. The molecule has 0 N–H and O–H groups in total. The molecular weight excluding hydrogens is 503 g/mol. The van der Waals surface area contributed by atoms with Crippen molar-refractivity contribution in [3.8, 4) is 11.4 Å². The van der Waals surface area contributed by atoms with Crippen LogP contribution in [0.5, 0.6) is 0 Å². The van der Waals surface area contributed by atoms with Gasteiger partial charge in [-0.25, -0.2) is 9.36 Å². The predicted octanol–water partition coefficient (Wildman–Crippen LogP) is 7.26. The van der Waals surface area contributed by atoms with E-state index in [0.29, 0.717) is 0 Å². The molecule has 0 unspecified atom stereocenters. The second-order valence-corrected chi connectivity index (χ2v) is 13.0. The van der Waals surface area contributed by atoms with Crippen LogP contribution in [0, 0.1) is 0 Å². The van der Waals surface area contributed by atoms with Crippen LogP contribution in [0.4, 0.5) is 11.6 Å². The monoisotopic (exact) mass is 534 g/mol. The summed E-state index contributed by atoms with van der Waals surface area (Å²) in [4.78, 5) is 4.89. The average Bonchev–Trinajstić information content (AvgIpc) is 3.40. The summed E-state index contributed by atoms with van der Waals surface area (Å²) in [5, 5.41) is 11.8. The molecule has 4 heterocycles. The molecule has 0 atom stereocenters. The van der Waals surface area contributed by atoms with Crippen LogP contribution in [0.2, 0.25) is 10.0 Å². The zero-order valence-corrected chi connectivity index (χ0v) is 23.7. The lowest BCUT2D eigenvalue weighted by Gasteiger charge is -2.43. The fraction of sp³-hybridized carbons (Fsp3) is 0.379. The van der Waals surface area contributed by atoms with E-state index >= 15 is 0 Å². The van der Waals surface area contributed by atoms with E-state index in [1.165, 1.54) is 11.1 Å². The molecule has 2 bridgehead atoms. The topological polar surface area (TPSA) is 42.1 Å². The highest BCUT2D eigenvalue weighted by Crippen LogP contribution is 2.46. The van der Waals surface area contributed by atoms with E-state index < -0.39 is 0 Å². The van der Waals surface area contributed by atoms with Gasteiger partial charge in [0.2, 0.25) is 0 Å². The van der Waals surface area contributed by atoms with Gasteiger partial charge in [-0.1, -0.05) is 64.7 Å². The highest BCUT2D eigenvalue weighted by molar-refractivity contribution is 6.30. The fourth-order valence-electron chi connectivity index (χ4n) is 5.53. The molecule has 6 nitrogen and oxygen atoms in total. The van der Waals surface area contributed by atoms with Crippen LogP contribution in [0.25, 0.3) is 11.4 Å². The highest BCUT2D eigenvalue weighted by Gasteiger charge is 2.42. The number of benzene rings is 2. The standard InChI is InChI=1S/C29H32Cl2N6/c1-28(2,3)24-22-15-34-17-35(26(22)36(32-24)20-11-7-18(30)8-12-20)16-23-25(29(4,5)6)33-37(27(23)34)21-13-9-19(31)10-14-21/h7-14H,15-17H2,1-6H3. The highest BCUT2D eigenvalue weighted by atomic mass is 35.5. The van der Waals surface area contributed by atoms with Crippen LogP contribution in [0.1, 0.15) is 64.1 Å². The normalized spacial score (nSPS) is 15.1. The summed E-state index contributed by atoms with van der Waals surface area (Å²) in [6, 6.07) is 15.9. The van der Waals surface area contributed by atoms with Crippen LogP contribution < -0.4 is 9.80 Å². The number of fused-ring (bicyclic) bond motifs is 6. The van der Waals surface area contributed by atoms with Crippen molar-refractivity contribution in [2.75, 3.05) is 16.5 Å². The molecule has 2 aromatic carbocycles. The van der Waals surface area contributed by atoms with Gasteiger partial charge in [0.25, 0.3) is 0 Å². The van der Waals surface area contributed by atoms with E-state index in [1.807, 2.05) is 48.5 Å². The largest absolute Gasteiger partial charge is 0.334 e. The first-order valence-electron chi connectivity index (χ1n) is 12.7. The Morgan fingerprint density at radius 1 is 0.595 bits per heavy atom. The van der Waals surface area contributed by atoms with Crippen LogP contribution in [0.3, 0.4) is 0 Å². The SMILES string of the molecule is CC(C)(C)c1nn(-c2ccc(Cl)cc2)c2c1CN1CN2Cc2c(C(C)(C)C)nn(-c3ccc(Cl)cc3)c21. The van der Waals surface area contributed by atoms with Crippen LogP contribution in [-0.4, -0.2) is 26.2 Å². The molecule has 2 aliphatic heterocycles. The molecule has 37 heavy (non-hydrogen) atoms. The first-order chi connectivity index (χ1) is 17.4. The summed E-state index contributed by atoms with van der Waals surface area (Å²) in [7, 11) is 0. The van der Waals surface area contributed by atoms with Crippen molar-refractivity contribution in [2.45, 2.75) is 65.5 Å². The average molecular weight is 536 g/mol. The molecule has 6 rings (SSSR count). The van der Waals surface area contributed by atoms with Gasteiger partial charge >= 0.3 is 0 Å². The molecule has 0 amide bonds. The van der Waals surface area contributed by atoms with E-state index in [4.69, 9.17) is 33.4 Å². The first-order valence-corrected chi connectivity index (χ1v) is 13.4. The molecule has 0 aliphatic carbocycles. The number of halogens is 2. The molecule has 8 heteroatoms. The minimum absolute atomic E-state index is 0.106. The maximum absolute atomic E-state index is 6.22. The Bertz CT molecular complexity index is 1370. The third kappa shape index (κ3) is 4.02. The molecule has 192 valence electrons.